The van der Waals surface area contributed by atoms with Gasteiger partial charge < -0.3 is 4.42 Å². The lowest BCUT2D eigenvalue weighted by Crippen LogP contribution is -2.15. The summed E-state index contributed by atoms with van der Waals surface area (Å²) in [5.74, 6) is 2.46. The molecule has 0 bridgehead atoms. The lowest BCUT2D eigenvalue weighted by atomic mass is 9.81. The van der Waals surface area contributed by atoms with Crippen LogP contribution in [-0.2, 0) is 5.41 Å². The Bertz CT molecular complexity index is 3420. The van der Waals surface area contributed by atoms with Crippen LogP contribution in [0.25, 0.3) is 106 Å². The highest BCUT2D eigenvalue weighted by Crippen LogP contribution is 2.51. The van der Waals surface area contributed by atoms with Gasteiger partial charge in [0.2, 0.25) is 11.8 Å². The van der Waals surface area contributed by atoms with Gasteiger partial charge in [-0.15, -0.1) is 0 Å². The maximum Gasteiger partial charge on any atom is 0.238 e. The Morgan fingerprint density at radius 3 is 1.49 bits per heavy atom. The van der Waals surface area contributed by atoms with Crippen molar-refractivity contribution < 1.29 is 4.42 Å². The molecule has 0 aliphatic heterocycles. The molecule has 6 nitrogen and oxygen atoms in total. The van der Waals surface area contributed by atoms with Crippen molar-refractivity contribution in [1.29, 1.82) is 0 Å². The second kappa shape index (κ2) is 13.5. The molecular formula is C55H37N5O. The monoisotopic (exact) mass is 783 g/mol. The predicted molar refractivity (Wildman–Crippen MR) is 246 cm³/mol. The number of hydrogen-bond acceptors (Lipinski definition) is 5. The normalized spacial score (nSPS) is 12.9. The van der Waals surface area contributed by atoms with Crippen LogP contribution in [-0.4, -0.2) is 24.5 Å². The molecule has 0 saturated heterocycles. The predicted octanol–water partition coefficient (Wildman–Crippen LogP) is 13.8. The van der Waals surface area contributed by atoms with Crippen molar-refractivity contribution in [2.75, 3.05) is 0 Å². The second-order valence-corrected chi connectivity index (χ2v) is 16.3. The fourth-order valence-corrected chi connectivity index (χ4v) is 9.16. The second-order valence-electron chi connectivity index (χ2n) is 16.3. The number of oxazole rings is 1. The molecule has 3 heterocycles. The van der Waals surface area contributed by atoms with Crippen molar-refractivity contribution in [2.45, 2.75) is 19.3 Å². The van der Waals surface area contributed by atoms with Crippen molar-refractivity contribution >= 4 is 32.9 Å². The average Bonchev–Trinajstić information content (AvgIpc) is 3.96. The summed E-state index contributed by atoms with van der Waals surface area (Å²) in [6.07, 6.45) is 0. The van der Waals surface area contributed by atoms with Crippen LogP contribution < -0.4 is 0 Å². The first-order valence-electron chi connectivity index (χ1n) is 20.6. The van der Waals surface area contributed by atoms with Gasteiger partial charge in [-0.2, -0.15) is 9.97 Å². The van der Waals surface area contributed by atoms with Gasteiger partial charge in [0.1, 0.15) is 5.52 Å². The van der Waals surface area contributed by atoms with E-state index in [-0.39, 0.29) is 5.41 Å². The third-order valence-electron chi connectivity index (χ3n) is 12.3. The van der Waals surface area contributed by atoms with E-state index in [4.69, 9.17) is 24.4 Å². The molecule has 0 N–H and O–H groups in total. The van der Waals surface area contributed by atoms with Gasteiger partial charge in [0.15, 0.2) is 17.2 Å². The van der Waals surface area contributed by atoms with Crippen LogP contribution in [0.15, 0.2) is 192 Å². The minimum atomic E-state index is -0.245. The molecule has 12 rings (SSSR count). The Hall–Kier alpha value is -7.96. The van der Waals surface area contributed by atoms with Crippen molar-refractivity contribution in [3.63, 3.8) is 0 Å². The molecule has 1 aliphatic rings. The quantitative estimate of drug-likeness (QED) is 0.168. The average molecular weight is 784 g/mol. The van der Waals surface area contributed by atoms with Gasteiger partial charge in [-0.1, -0.05) is 147 Å². The number of hydrogen-bond donors (Lipinski definition) is 0. The van der Waals surface area contributed by atoms with Crippen molar-refractivity contribution in [3.8, 4) is 73.6 Å². The number of rotatable bonds is 6. The largest absolute Gasteiger partial charge is 0.436 e. The van der Waals surface area contributed by atoms with Crippen molar-refractivity contribution in [3.05, 3.63) is 199 Å². The van der Waals surface area contributed by atoms with Gasteiger partial charge in [0.05, 0.1) is 11.0 Å². The molecule has 61 heavy (non-hydrogen) atoms. The molecule has 3 aromatic heterocycles. The molecule has 1 aliphatic carbocycles. The zero-order chi connectivity index (χ0) is 40.7. The minimum Gasteiger partial charge on any atom is -0.436 e. The van der Waals surface area contributed by atoms with E-state index in [9.17, 15) is 0 Å². The summed E-state index contributed by atoms with van der Waals surface area (Å²) in [5, 5.41) is 2.25. The number of fused-ring (bicyclic) bond motifs is 7. The van der Waals surface area contributed by atoms with Gasteiger partial charge in [0.25, 0.3) is 0 Å². The fourth-order valence-electron chi connectivity index (χ4n) is 9.16. The third-order valence-corrected chi connectivity index (χ3v) is 12.3. The lowest BCUT2D eigenvalue weighted by molar-refractivity contribution is 0.614. The van der Waals surface area contributed by atoms with E-state index >= 15 is 0 Å². The summed E-state index contributed by atoms with van der Waals surface area (Å²) in [6.45, 7) is 4.62. The number of benzene rings is 8. The smallest absolute Gasteiger partial charge is 0.238 e. The zero-order valence-electron chi connectivity index (χ0n) is 33.5. The maximum atomic E-state index is 6.34. The Morgan fingerprint density at radius 1 is 0.410 bits per heavy atom. The highest BCUT2D eigenvalue weighted by molar-refractivity contribution is 6.11. The Kier molecular flexibility index (Phi) is 7.78. The van der Waals surface area contributed by atoms with Crippen molar-refractivity contribution in [1.82, 2.24) is 24.5 Å². The molecular weight excluding hydrogens is 747 g/mol. The Morgan fingerprint density at radius 2 is 0.902 bits per heavy atom. The molecule has 288 valence electrons. The van der Waals surface area contributed by atoms with Gasteiger partial charge >= 0.3 is 0 Å². The molecule has 0 amide bonds. The fraction of sp³-hybridized carbons (Fsp3) is 0.0545. The van der Waals surface area contributed by atoms with Crippen LogP contribution in [0.4, 0.5) is 0 Å². The molecule has 11 aromatic rings. The van der Waals surface area contributed by atoms with E-state index in [2.05, 4.69) is 115 Å². The third kappa shape index (κ3) is 5.71. The molecule has 0 atom stereocenters. The Balaban J connectivity index is 1.02. The Labute approximate surface area is 352 Å². The van der Waals surface area contributed by atoms with Crippen LogP contribution in [0.2, 0.25) is 0 Å². The van der Waals surface area contributed by atoms with E-state index < -0.39 is 0 Å². The summed E-state index contributed by atoms with van der Waals surface area (Å²) < 4.78 is 8.54. The van der Waals surface area contributed by atoms with Gasteiger partial charge in [-0.3, -0.25) is 4.57 Å². The maximum absolute atomic E-state index is 6.34. The summed E-state index contributed by atoms with van der Waals surface area (Å²) in [4.78, 5) is 20.2. The topological polar surface area (TPSA) is 69.6 Å². The van der Waals surface area contributed by atoms with Gasteiger partial charge in [-0.05, 0) is 99.1 Å². The highest BCUT2D eigenvalue weighted by atomic mass is 16.3. The molecule has 0 unspecified atom stereocenters. The van der Waals surface area contributed by atoms with E-state index in [0.717, 1.165) is 71.8 Å². The molecule has 0 saturated carbocycles. The van der Waals surface area contributed by atoms with E-state index in [1.54, 1.807) is 0 Å². The first-order chi connectivity index (χ1) is 30.0. The standard InChI is InChI=1S/C55H37N5O/c1-55(2)45-31-40(23-26-41(45)42-32-47-50(33-46(42)55)61-53(56-47)37-21-13-6-14-22-37)39-25-28-49-44(30-39)43-29-38(34-15-7-3-8-16-34)24-27-48(43)60(49)54-58-51(35-17-9-4-10-18-35)57-52(59-54)36-19-11-5-12-20-36/h3-33H,1-2H3. The SMILES string of the molecule is CC1(C)c2cc(-c3ccc4c(c3)c3cc(-c5ccccc5)ccc3n4-c3nc(-c4ccccc4)nc(-c4ccccc4)n3)ccc2-c2cc3nc(-c4ccccc4)oc3cc21. The highest BCUT2D eigenvalue weighted by Gasteiger charge is 2.37. The van der Waals surface area contributed by atoms with Crippen LogP contribution in [0.3, 0.4) is 0 Å². The summed E-state index contributed by atoms with van der Waals surface area (Å²) in [6, 6.07) is 65.7. The first kappa shape index (κ1) is 35.0. The zero-order valence-corrected chi connectivity index (χ0v) is 33.5. The lowest BCUT2D eigenvalue weighted by Gasteiger charge is -2.22. The molecule has 0 fully saturated rings. The number of nitrogens with zero attached hydrogens (tertiary/aromatic N) is 5. The van der Waals surface area contributed by atoms with E-state index in [1.165, 1.54) is 22.3 Å². The van der Waals surface area contributed by atoms with Gasteiger partial charge in [-0.25, -0.2) is 9.97 Å². The van der Waals surface area contributed by atoms with E-state index in [1.807, 2.05) is 91.0 Å². The van der Waals surface area contributed by atoms with Crippen LogP contribution in [0.5, 0.6) is 0 Å². The molecule has 0 spiro atoms. The van der Waals surface area contributed by atoms with E-state index in [0.29, 0.717) is 23.5 Å². The van der Waals surface area contributed by atoms with Crippen LogP contribution in [0, 0.1) is 0 Å². The van der Waals surface area contributed by atoms with Crippen LogP contribution >= 0.6 is 0 Å². The summed E-state index contributed by atoms with van der Waals surface area (Å²) >= 11 is 0. The molecule has 0 radical (unpaired) electrons. The molecule has 6 heteroatoms. The first-order valence-corrected chi connectivity index (χ1v) is 20.6. The van der Waals surface area contributed by atoms with Crippen molar-refractivity contribution in [2.24, 2.45) is 0 Å². The molecule has 8 aromatic carbocycles. The number of aromatic nitrogens is 5. The van der Waals surface area contributed by atoms with Crippen LogP contribution in [0.1, 0.15) is 25.0 Å². The van der Waals surface area contributed by atoms with Gasteiger partial charge in [0, 0.05) is 32.9 Å². The minimum absolute atomic E-state index is 0.245. The summed E-state index contributed by atoms with van der Waals surface area (Å²) in [7, 11) is 0. The summed E-state index contributed by atoms with van der Waals surface area (Å²) in [5.41, 5.74) is 15.9.